The second-order valence-corrected chi connectivity index (χ2v) is 5.36. The van der Waals surface area contributed by atoms with Gasteiger partial charge in [0.15, 0.2) is 0 Å². The van der Waals surface area contributed by atoms with Crippen LogP contribution in [0.5, 0.6) is 0 Å². The maximum atomic E-state index is 12.2. The van der Waals surface area contributed by atoms with E-state index in [0.29, 0.717) is 5.56 Å². The van der Waals surface area contributed by atoms with Gasteiger partial charge in [-0.1, -0.05) is 13.8 Å². The zero-order valence-electron chi connectivity index (χ0n) is 12.6. The monoisotopic (exact) mass is 276 g/mol. The average molecular weight is 276 g/mol. The molecule has 0 unspecified atom stereocenters. The molecule has 110 valence electrons. The predicted molar refractivity (Wildman–Crippen MR) is 78.6 cm³/mol. The van der Waals surface area contributed by atoms with Crippen molar-refractivity contribution in [1.82, 2.24) is 20.6 Å². The van der Waals surface area contributed by atoms with Crippen molar-refractivity contribution >= 4 is 5.91 Å². The van der Waals surface area contributed by atoms with Crippen molar-refractivity contribution in [1.29, 1.82) is 0 Å². The normalized spacial score (nSPS) is 18.5. The number of nitrogens with zero attached hydrogens (tertiary/aromatic N) is 2. The number of aromatic nitrogens is 2. The molecule has 2 rings (SSSR count). The summed E-state index contributed by atoms with van der Waals surface area (Å²) in [7, 11) is 0. The quantitative estimate of drug-likeness (QED) is 0.864. The lowest BCUT2D eigenvalue weighted by Crippen LogP contribution is -2.34. The van der Waals surface area contributed by atoms with E-state index in [4.69, 9.17) is 0 Å². The van der Waals surface area contributed by atoms with Gasteiger partial charge in [0.05, 0.1) is 17.3 Å². The molecule has 0 bridgehead atoms. The molecule has 5 nitrogen and oxygen atoms in total. The van der Waals surface area contributed by atoms with Gasteiger partial charge < -0.3 is 10.6 Å². The highest BCUT2D eigenvalue weighted by atomic mass is 16.1. The van der Waals surface area contributed by atoms with Gasteiger partial charge in [0.2, 0.25) is 0 Å². The van der Waals surface area contributed by atoms with Gasteiger partial charge in [-0.2, -0.15) is 0 Å². The van der Waals surface area contributed by atoms with Gasteiger partial charge in [-0.25, -0.2) is 9.97 Å². The average Bonchev–Trinajstić information content (AvgIpc) is 2.98. The van der Waals surface area contributed by atoms with E-state index >= 15 is 0 Å². The third-order valence-corrected chi connectivity index (χ3v) is 3.94. The van der Waals surface area contributed by atoms with E-state index in [1.165, 1.54) is 0 Å². The van der Waals surface area contributed by atoms with Gasteiger partial charge in [-0.05, 0) is 39.2 Å². The van der Waals surface area contributed by atoms with Gasteiger partial charge in [0, 0.05) is 12.2 Å². The van der Waals surface area contributed by atoms with Crippen molar-refractivity contribution in [3.8, 4) is 0 Å². The molecule has 5 heteroatoms. The van der Waals surface area contributed by atoms with Crippen LogP contribution in [0.3, 0.4) is 0 Å². The van der Waals surface area contributed by atoms with Crippen molar-refractivity contribution in [2.24, 2.45) is 0 Å². The fourth-order valence-corrected chi connectivity index (χ4v) is 2.54. The third-order valence-electron chi connectivity index (χ3n) is 3.94. The zero-order chi connectivity index (χ0) is 14.5. The molecule has 20 heavy (non-hydrogen) atoms. The number of carbonyl (C=O) groups excluding carboxylic acids is 1. The van der Waals surface area contributed by atoms with Crippen molar-refractivity contribution in [3.63, 3.8) is 0 Å². The first-order chi connectivity index (χ1) is 9.65. The molecule has 1 fully saturated rings. The molecule has 1 aromatic rings. The summed E-state index contributed by atoms with van der Waals surface area (Å²) in [6.07, 6.45) is 5.76. The van der Waals surface area contributed by atoms with Gasteiger partial charge in [0.1, 0.15) is 5.82 Å². The van der Waals surface area contributed by atoms with Crippen LogP contribution in [-0.2, 0) is 0 Å². The molecule has 1 saturated heterocycles. The molecule has 0 spiro atoms. The Labute approximate surface area is 120 Å². The molecule has 1 amide bonds. The second-order valence-electron chi connectivity index (χ2n) is 5.36. The maximum Gasteiger partial charge on any atom is 0.254 e. The van der Waals surface area contributed by atoms with E-state index in [-0.39, 0.29) is 18.0 Å². The minimum absolute atomic E-state index is 0.0675. The van der Waals surface area contributed by atoms with E-state index in [0.717, 1.165) is 43.7 Å². The highest BCUT2D eigenvalue weighted by Crippen LogP contribution is 2.20. The summed E-state index contributed by atoms with van der Waals surface area (Å²) < 4.78 is 0. The van der Waals surface area contributed by atoms with Crippen LogP contribution in [0.15, 0.2) is 6.20 Å². The minimum Gasteiger partial charge on any atom is -0.349 e. The summed E-state index contributed by atoms with van der Waals surface area (Å²) in [6, 6.07) is 0.461. The summed E-state index contributed by atoms with van der Waals surface area (Å²) in [6.45, 7) is 7.05. The number of nitrogens with one attached hydrogen (secondary N) is 2. The van der Waals surface area contributed by atoms with Crippen LogP contribution in [0.1, 0.15) is 67.4 Å². The lowest BCUT2D eigenvalue weighted by molar-refractivity contribution is 0.0933. The van der Waals surface area contributed by atoms with Crippen LogP contribution in [-0.4, -0.2) is 28.5 Å². The minimum atomic E-state index is -0.0675. The molecule has 1 aromatic heterocycles. The molecular weight excluding hydrogens is 252 g/mol. The van der Waals surface area contributed by atoms with Crippen LogP contribution < -0.4 is 10.6 Å². The van der Waals surface area contributed by atoms with E-state index in [1.54, 1.807) is 6.20 Å². The van der Waals surface area contributed by atoms with Crippen LogP contribution in [0.2, 0.25) is 0 Å². The molecule has 1 aliphatic rings. The Hall–Kier alpha value is -1.49. The number of amides is 1. The van der Waals surface area contributed by atoms with Crippen LogP contribution in [0.25, 0.3) is 0 Å². The topological polar surface area (TPSA) is 66.9 Å². The number of rotatable bonds is 5. The first-order valence-corrected chi connectivity index (χ1v) is 7.53. The molecule has 0 aromatic carbocycles. The van der Waals surface area contributed by atoms with Crippen molar-refractivity contribution in [3.05, 3.63) is 23.3 Å². The highest BCUT2D eigenvalue weighted by molar-refractivity contribution is 5.95. The molecule has 2 N–H and O–H groups in total. The lowest BCUT2D eigenvalue weighted by Gasteiger charge is -2.16. The second kappa shape index (κ2) is 6.79. The van der Waals surface area contributed by atoms with Crippen molar-refractivity contribution in [2.45, 2.75) is 58.5 Å². The summed E-state index contributed by atoms with van der Waals surface area (Å²) >= 11 is 0. The zero-order valence-corrected chi connectivity index (χ0v) is 12.6. The number of hydrogen-bond acceptors (Lipinski definition) is 4. The molecule has 0 radical (unpaired) electrons. The first-order valence-electron chi connectivity index (χ1n) is 7.53. The lowest BCUT2D eigenvalue weighted by atomic mass is 10.1. The first kappa shape index (κ1) is 14.9. The Morgan fingerprint density at radius 2 is 2.25 bits per heavy atom. The molecule has 0 aliphatic carbocycles. The molecule has 2 heterocycles. The molecule has 1 atom stereocenters. The van der Waals surface area contributed by atoms with E-state index in [9.17, 15) is 4.79 Å². The van der Waals surface area contributed by atoms with Crippen LogP contribution >= 0.6 is 0 Å². The fourth-order valence-electron chi connectivity index (χ4n) is 2.54. The predicted octanol–water partition coefficient (Wildman–Crippen LogP) is 2.13. The summed E-state index contributed by atoms with van der Waals surface area (Å²) in [4.78, 5) is 21.1. The Morgan fingerprint density at radius 1 is 1.50 bits per heavy atom. The van der Waals surface area contributed by atoms with Gasteiger partial charge in [0.25, 0.3) is 5.91 Å². The Bertz CT molecular complexity index is 465. The van der Waals surface area contributed by atoms with Gasteiger partial charge in [-0.3, -0.25) is 4.79 Å². The molecule has 0 saturated carbocycles. The summed E-state index contributed by atoms with van der Waals surface area (Å²) in [5.41, 5.74) is 1.34. The number of aryl methyl sites for hydroxylation is 1. The van der Waals surface area contributed by atoms with Gasteiger partial charge >= 0.3 is 0 Å². The molecular formula is C15H24N4O. The SMILES string of the molecule is CCC(CC)NC(=O)c1cnc([C@H]2CCCN2)nc1C. The fraction of sp³-hybridized carbons (Fsp3) is 0.667. The van der Waals surface area contributed by atoms with E-state index in [2.05, 4.69) is 34.4 Å². The van der Waals surface area contributed by atoms with Crippen LogP contribution in [0, 0.1) is 6.92 Å². The van der Waals surface area contributed by atoms with Crippen LogP contribution in [0.4, 0.5) is 0 Å². The van der Waals surface area contributed by atoms with Crippen molar-refractivity contribution in [2.75, 3.05) is 6.54 Å². The van der Waals surface area contributed by atoms with E-state index < -0.39 is 0 Å². The summed E-state index contributed by atoms with van der Waals surface area (Å²) in [5.74, 6) is 0.737. The largest absolute Gasteiger partial charge is 0.349 e. The Kier molecular flexibility index (Phi) is 5.06. The molecule has 1 aliphatic heterocycles. The third kappa shape index (κ3) is 3.33. The Balaban J connectivity index is 2.10. The Morgan fingerprint density at radius 3 is 2.80 bits per heavy atom. The van der Waals surface area contributed by atoms with Crippen molar-refractivity contribution < 1.29 is 4.79 Å². The summed E-state index contributed by atoms with van der Waals surface area (Å²) in [5, 5.41) is 6.40. The smallest absolute Gasteiger partial charge is 0.254 e. The number of carbonyl (C=O) groups is 1. The number of hydrogen-bond donors (Lipinski definition) is 2. The van der Waals surface area contributed by atoms with Gasteiger partial charge in [-0.15, -0.1) is 0 Å². The maximum absolute atomic E-state index is 12.2. The van der Waals surface area contributed by atoms with E-state index in [1.807, 2.05) is 6.92 Å². The standard InChI is InChI=1S/C15H24N4O/c1-4-11(5-2)19-15(20)12-9-17-14(18-10(12)3)13-7-6-8-16-13/h9,11,13,16H,4-8H2,1-3H3,(H,19,20)/t13-/m1/s1. The highest BCUT2D eigenvalue weighted by Gasteiger charge is 2.21.